The first-order chi connectivity index (χ1) is 13.2. The van der Waals surface area contributed by atoms with E-state index in [9.17, 15) is 4.79 Å². The fourth-order valence-electron chi connectivity index (χ4n) is 2.99. The smallest absolute Gasteiger partial charge is 0.252 e. The molecule has 0 bridgehead atoms. The zero-order valence-corrected chi connectivity index (χ0v) is 15.9. The molecule has 0 aliphatic heterocycles. The van der Waals surface area contributed by atoms with Crippen molar-refractivity contribution in [1.82, 2.24) is 10.3 Å². The first-order valence-corrected chi connectivity index (χ1v) is 9.08. The molecule has 0 fully saturated rings. The molecule has 5 heteroatoms. The van der Waals surface area contributed by atoms with Crippen molar-refractivity contribution in [3.8, 4) is 22.8 Å². The molecule has 0 saturated heterocycles. The number of nitrogens with zero attached hydrogens (tertiary/aromatic N) is 1. The first-order valence-electron chi connectivity index (χ1n) is 9.08. The van der Waals surface area contributed by atoms with Gasteiger partial charge in [0.05, 0.1) is 31.0 Å². The van der Waals surface area contributed by atoms with Gasteiger partial charge in [0, 0.05) is 23.6 Å². The summed E-state index contributed by atoms with van der Waals surface area (Å²) in [5, 5.41) is 3.84. The summed E-state index contributed by atoms with van der Waals surface area (Å²) in [6, 6.07) is 15.1. The Kier molecular flexibility index (Phi) is 5.91. The average Bonchev–Trinajstić information content (AvgIpc) is 2.72. The molecule has 1 amide bonds. The van der Waals surface area contributed by atoms with Gasteiger partial charge in [-0.2, -0.15) is 0 Å². The van der Waals surface area contributed by atoms with Gasteiger partial charge in [-0.1, -0.05) is 31.5 Å². The van der Waals surface area contributed by atoms with E-state index < -0.39 is 0 Å². The van der Waals surface area contributed by atoms with Crippen LogP contribution in [0.3, 0.4) is 0 Å². The Balaban J connectivity index is 2.11. The van der Waals surface area contributed by atoms with Gasteiger partial charge in [0.1, 0.15) is 11.5 Å². The number of ether oxygens (including phenoxy) is 2. The molecule has 2 aromatic carbocycles. The molecule has 27 heavy (non-hydrogen) atoms. The van der Waals surface area contributed by atoms with Crippen molar-refractivity contribution < 1.29 is 14.3 Å². The van der Waals surface area contributed by atoms with Gasteiger partial charge in [-0.15, -0.1) is 0 Å². The summed E-state index contributed by atoms with van der Waals surface area (Å²) in [7, 11) is 3.22. The number of carbonyl (C=O) groups excluding carboxylic acids is 1. The van der Waals surface area contributed by atoms with E-state index in [1.807, 2.05) is 48.5 Å². The summed E-state index contributed by atoms with van der Waals surface area (Å²) in [6.07, 6.45) is 1.99. The first kappa shape index (κ1) is 18.7. The van der Waals surface area contributed by atoms with Crippen molar-refractivity contribution in [2.24, 2.45) is 0 Å². The Hall–Kier alpha value is -3.08. The van der Waals surface area contributed by atoms with Crippen molar-refractivity contribution in [2.45, 2.75) is 19.8 Å². The molecule has 3 rings (SSSR count). The van der Waals surface area contributed by atoms with Crippen LogP contribution in [-0.4, -0.2) is 31.7 Å². The fraction of sp³-hybridized carbons (Fsp3) is 0.273. The van der Waals surface area contributed by atoms with Crippen LogP contribution in [0.2, 0.25) is 0 Å². The molecule has 1 N–H and O–H groups in total. The molecule has 0 unspecified atom stereocenters. The number of fused-ring (bicyclic) bond motifs is 1. The molecule has 1 heterocycles. The summed E-state index contributed by atoms with van der Waals surface area (Å²) in [4.78, 5) is 17.5. The van der Waals surface area contributed by atoms with Gasteiger partial charge in [0.25, 0.3) is 5.91 Å². The van der Waals surface area contributed by atoms with Gasteiger partial charge in [-0.05, 0) is 30.7 Å². The van der Waals surface area contributed by atoms with Crippen LogP contribution in [0.1, 0.15) is 30.1 Å². The largest absolute Gasteiger partial charge is 0.497 e. The Bertz CT molecular complexity index is 953. The normalized spacial score (nSPS) is 10.6. The number of unbranched alkanes of at least 4 members (excludes halogenated alkanes) is 1. The van der Waals surface area contributed by atoms with Crippen LogP contribution in [0.5, 0.6) is 11.5 Å². The number of rotatable bonds is 7. The number of aromatic nitrogens is 1. The van der Waals surface area contributed by atoms with E-state index in [-0.39, 0.29) is 5.91 Å². The number of hydrogen-bond donors (Lipinski definition) is 1. The van der Waals surface area contributed by atoms with Gasteiger partial charge in [0.2, 0.25) is 0 Å². The lowest BCUT2D eigenvalue weighted by Crippen LogP contribution is -2.24. The Morgan fingerprint density at radius 3 is 2.63 bits per heavy atom. The minimum Gasteiger partial charge on any atom is -0.497 e. The lowest BCUT2D eigenvalue weighted by molar-refractivity contribution is 0.0955. The number of carbonyl (C=O) groups is 1. The van der Waals surface area contributed by atoms with Crippen LogP contribution in [-0.2, 0) is 0 Å². The molecule has 0 aliphatic rings. The van der Waals surface area contributed by atoms with Crippen LogP contribution in [0.25, 0.3) is 22.2 Å². The molecular formula is C22H24N2O3. The zero-order valence-electron chi connectivity index (χ0n) is 15.9. The fourth-order valence-corrected chi connectivity index (χ4v) is 2.99. The van der Waals surface area contributed by atoms with E-state index in [2.05, 4.69) is 12.2 Å². The minimum absolute atomic E-state index is 0.0872. The molecule has 0 radical (unpaired) electrons. The van der Waals surface area contributed by atoms with Crippen molar-refractivity contribution in [1.29, 1.82) is 0 Å². The number of benzene rings is 2. The highest BCUT2D eigenvalue weighted by atomic mass is 16.5. The Morgan fingerprint density at radius 1 is 1.07 bits per heavy atom. The molecule has 0 spiro atoms. The monoisotopic (exact) mass is 364 g/mol. The summed E-state index contributed by atoms with van der Waals surface area (Å²) >= 11 is 0. The summed E-state index contributed by atoms with van der Waals surface area (Å²) in [5.41, 5.74) is 2.89. The molecule has 1 aromatic heterocycles. The number of nitrogens with one attached hydrogen (secondary N) is 1. The van der Waals surface area contributed by atoms with Crippen molar-refractivity contribution in [3.63, 3.8) is 0 Å². The molecule has 140 valence electrons. The van der Waals surface area contributed by atoms with Crippen LogP contribution >= 0.6 is 0 Å². The molecule has 3 aromatic rings. The van der Waals surface area contributed by atoms with E-state index in [1.165, 1.54) is 0 Å². The second-order valence-electron chi connectivity index (χ2n) is 6.25. The molecule has 0 aliphatic carbocycles. The van der Waals surface area contributed by atoms with Crippen LogP contribution in [0, 0.1) is 0 Å². The average molecular weight is 364 g/mol. The highest BCUT2D eigenvalue weighted by Crippen LogP contribution is 2.34. The second-order valence-corrected chi connectivity index (χ2v) is 6.25. The molecule has 0 saturated carbocycles. The third-order valence-electron chi connectivity index (χ3n) is 4.46. The second kappa shape index (κ2) is 8.54. The lowest BCUT2D eigenvalue weighted by atomic mass is 10.0. The van der Waals surface area contributed by atoms with Crippen molar-refractivity contribution in [3.05, 3.63) is 54.1 Å². The van der Waals surface area contributed by atoms with E-state index in [0.29, 0.717) is 29.3 Å². The Morgan fingerprint density at radius 2 is 1.89 bits per heavy atom. The summed E-state index contributed by atoms with van der Waals surface area (Å²) in [6.45, 7) is 2.76. The van der Waals surface area contributed by atoms with Gasteiger partial charge < -0.3 is 14.8 Å². The van der Waals surface area contributed by atoms with Crippen LogP contribution < -0.4 is 14.8 Å². The number of amides is 1. The lowest BCUT2D eigenvalue weighted by Gasteiger charge is -2.13. The van der Waals surface area contributed by atoms with Crippen molar-refractivity contribution in [2.75, 3.05) is 20.8 Å². The van der Waals surface area contributed by atoms with Crippen LogP contribution in [0.15, 0.2) is 48.5 Å². The van der Waals surface area contributed by atoms with E-state index in [4.69, 9.17) is 14.5 Å². The predicted octanol–water partition coefficient (Wildman–Crippen LogP) is 4.45. The van der Waals surface area contributed by atoms with E-state index in [0.717, 1.165) is 29.3 Å². The van der Waals surface area contributed by atoms with E-state index >= 15 is 0 Å². The van der Waals surface area contributed by atoms with E-state index in [1.54, 1.807) is 14.2 Å². The molecule has 0 atom stereocenters. The van der Waals surface area contributed by atoms with Gasteiger partial charge in [0.15, 0.2) is 0 Å². The maximum absolute atomic E-state index is 12.8. The topological polar surface area (TPSA) is 60.5 Å². The standard InChI is InChI=1S/C22H24N2O3/c1-4-5-12-23-22(25)18-14-20(24-19-9-7-6-8-16(18)19)17-11-10-15(26-2)13-21(17)27-3/h6-11,13-14H,4-5,12H2,1-3H3,(H,23,25). The number of para-hydroxylation sites is 1. The predicted molar refractivity (Wildman–Crippen MR) is 108 cm³/mol. The van der Waals surface area contributed by atoms with Crippen molar-refractivity contribution >= 4 is 16.8 Å². The van der Waals surface area contributed by atoms with Gasteiger partial charge in [-0.3, -0.25) is 4.79 Å². The summed E-state index contributed by atoms with van der Waals surface area (Å²) in [5.74, 6) is 1.26. The number of pyridine rings is 1. The minimum atomic E-state index is -0.0872. The number of methoxy groups -OCH3 is 2. The van der Waals surface area contributed by atoms with Gasteiger partial charge >= 0.3 is 0 Å². The Labute approximate surface area is 159 Å². The maximum atomic E-state index is 12.8. The summed E-state index contributed by atoms with van der Waals surface area (Å²) < 4.78 is 10.8. The highest BCUT2D eigenvalue weighted by Gasteiger charge is 2.16. The molecule has 5 nitrogen and oxygen atoms in total. The zero-order chi connectivity index (χ0) is 19.2. The van der Waals surface area contributed by atoms with Crippen LogP contribution in [0.4, 0.5) is 0 Å². The highest BCUT2D eigenvalue weighted by molar-refractivity contribution is 6.07. The third kappa shape index (κ3) is 4.03. The quantitative estimate of drug-likeness (QED) is 0.629. The maximum Gasteiger partial charge on any atom is 0.252 e. The third-order valence-corrected chi connectivity index (χ3v) is 4.46. The molecular weight excluding hydrogens is 340 g/mol. The van der Waals surface area contributed by atoms with Gasteiger partial charge in [-0.25, -0.2) is 4.98 Å². The SMILES string of the molecule is CCCCNC(=O)c1cc(-c2ccc(OC)cc2OC)nc2ccccc12. The number of hydrogen-bond acceptors (Lipinski definition) is 4.